The van der Waals surface area contributed by atoms with Crippen molar-refractivity contribution in [2.75, 3.05) is 6.54 Å². The van der Waals surface area contributed by atoms with E-state index in [-0.39, 0.29) is 11.7 Å². The molecule has 0 unspecified atom stereocenters. The van der Waals surface area contributed by atoms with Gasteiger partial charge in [0, 0.05) is 6.54 Å². The van der Waals surface area contributed by atoms with Gasteiger partial charge in [0.2, 0.25) is 0 Å². The predicted molar refractivity (Wildman–Crippen MR) is 73.6 cm³/mol. The Morgan fingerprint density at radius 3 is 2.63 bits per heavy atom. The zero-order valence-corrected chi connectivity index (χ0v) is 11.8. The van der Waals surface area contributed by atoms with Gasteiger partial charge < -0.3 is 10.1 Å². The molecule has 1 N–H and O–H groups in total. The molecule has 3 nitrogen and oxygen atoms in total. The van der Waals surface area contributed by atoms with Gasteiger partial charge in [0.1, 0.15) is 0 Å². The first-order valence-corrected chi connectivity index (χ1v) is 6.73. The summed E-state index contributed by atoms with van der Waals surface area (Å²) < 4.78 is 18.9. The Hall–Kier alpha value is -1.58. The number of carbonyl (C=O) groups is 1. The molecule has 0 fully saturated rings. The van der Waals surface area contributed by atoms with Gasteiger partial charge in [-0.15, -0.1) is 0 Å². The predicted octanol–water partition coefficient (Wildman–Crippen LogP) is 3.15. The molecule has 0 aliphatic carbocycles. The van der Waals surface area contributed by atoms with Crippen LogP contribution in [0.4, 0.5) is 4.39 Å². The maximum absolute atomic E-state index is 13.5. The fourth-order valence-corrected chi connectivity index (χ4v) is 1.61. The number of ether oxygens (including phenoxy) is 1. The van der Waals surface area contributed by atoms with E-state index in [4.69, 9.17) is 4.74 Å². The van der Waals surface area contributed by atoms with Crippen molar-refractivity contribution < 1.29 is 13.9 Å². The summed E-state index contributed by atoms with van der Waals surface area (Å²) in [6.07, 6.45) is 0.771. The summed E-state index contributed by atoms with van der Waals surface area (Å²) in [5.41, 5.74) is 0. The summed E-state index contributed by atoms with van der Waals surface area (Å²) in [6, 6.07) is 6.12. The van der Waals surface area contributed by atoms with Crippen LogP contribution in [-0.2, 0) is 4.79 Å². The summed E-state index contributed by atoms with van der Waals surface area (Å²) in [5.74, 6) is 0.0172. The molecular formula is C15H22FNO2. The molecule has 0 saturated carbocycles. The molecule has 1 aromatic rings. The van der Waals surface area contributed by atoms with Crippen LogP contribution in [0.1, 0.15) is 33.6 Å². The number of benzene rings is 1. The number of rotatable bonds is 7. The van der Waals surface area contributed by atoms with E-state index in [1.807, 2.05) is 6.92 Å². The number of nitrogens with one attached hydrogen (secondary N) is 1. The van der Waals surface area contributed by atoms with E-state index in [1.54, 1.807) is 12.1 Å². The number of halogens is 1. The second kappa shape index (κ2) is 7.77. The van der Waals surface area contributed by atoms with Gasteiger partial charge in [-0.1, -0.05) is 32.9 Å². The van der Waals surface area contributed by atoms with Crippen LogP contribution in [0.5, 0.6) is 5.75 Å². The molecule has 0 radical (unpaired) electrons. The number of amides is 1. The first-order valence-electron chi connectivity index (χ1n) is 6.73. The lowest BCUT2D eigenvalue weighted by atomic mass is 10.1. The highest BCUT2D eigenvalue weighted by Gasteiger charge is 2.19. The standard InChI is InChI=1S/C15H22FNO2/c1-4-13(15(18)17-10-9-11(2)3)19-14-8-6-5-7-12(14)16/h5-8,11,13H,4,9-10H2,1-3H3,(H,17,18)/t13-/m0/s1. The average Bonchev–Trinajstić information content (AvgIpc) is 2.37. The minimum Gasteiger partial charge on any atom is -0.478 e. The fourth-order valence-electron chi connectivity index (χ4n) is 1.61. The maximum atomic E-state index is 13.5. The Labute approximate surface area is 114 Å². The Morgan fingerprint density at radius 2 is 2.05 bits per heavy atom. The molecule has 1 atom stereocenters. The Kier molecular flexibility index (Phi) is 6.33. The number of hydrogen-bond donors (Lipinski definition) is 1. The van der Waals surface area contributed by atoms with Crippen LogP contribution in [0.3, 0.4) is 0 Å². The molecule has 0 bridgehead atoms. The number of carbonyl (C=O) groups excluding carboxylic acids is 1. The van der Waals surface area contributed by atoms with Gasteiger partial charge >= 0.3 is 0 Å². The molecule has 19 heavy (non-hydrogen) atoms. The van der Waals surface area contributed by atoms with Crippen LogP contribution >= 0.6 is 0 Å². The normalized spacial score (nSPS) is 12.3. The van der Waals surface area contributed by atoms with E-state index in [9.17, 15) is 9.18 Å². The van der Waals surface area contributed by atoms with Crippen molar-refractivity contribution in [2.45, 2.75) is 39.7 Å². The minimum absolute atomic E-state index is 0.119. The van der Waals surface area contributed by atoms with Gasteiger partial charge in [-0.05, 0) is 30.9 Å². The second-order valence-electron chi connectivity index (χ2n) is 4.92. The monoisotopic (exact) mass is 267 g/mol. The van der Waals surface area contributed by atoms with Crippen molar-refractivity contribution in [3.05, 3.63) is 30.1 Å². The van der Waals surface area contributed by atoms with E-state index in [2.05, 4.69) is 19.2 Å². The molecule has 106 valence electrons. The molecule has 0 aromatic heterocycles. The van der Waals surface area contributed by atoms with Crippen LogP contribution in [0.25, 0.3) is 0 Å². The highest BCUT2D eigenvalue weighted by atomic mass is 19.1. The molecule has 0 aliphatic heterocycles. The average molecular weight is 267 g/mol. The number of hydrogen-bond acceptors (Lipinski definition) is 2. The first kappa shape index (κ1) is 15.5. The quantitative estimate of drug-likeness (QED) is 0.824. The van der Waals surface area contributed by atoms with E-state index in [0.29, 0.717) is 18.9 Å². The topological polar surface area (TPSA) is 38.3 Å². The molecule has 1 rings (SSSR count). The lowest BCUT2D eigenvalue weighted by molar-refractivity contribution is -0.128. The Morgan fingerprint density at radius 1 is 1.37 bits per heavy atom. The van der Waals surface area contributed by atoms with E-state index in [1.165, 1.54) is 12.1 Å². The van der Waals surface area contributed by atoms with Gasteiger partial charge in [0.25, 0.3) is 5.91 Å². The zero-order chi connectivity index (χ0) is 14.3. The van der Waals surface area contributed by atoms with E-state index >= 15 is 0 Å². The zero-order valence-electron chi connectivity index (χ0n) is 11.8. The molecule has 4 heteroatoms. The smallest absolute Gasteiger partial charge is 0.261 e. The first-order chi connectivity index (χ1) is 9.04. The maximum Gasteiger partial charge on any atom is 0.261 e. The van der Waals surface area contributed by atoms with Crippen LogP contribution in [0.15, 0.2) is 24.3 Å². The Balaban J connectivity index is 2.53. The second-order valence-corrected chi connectivity index (χ2v) is 4.92. The lowest BCUT2D eigenvalue weighted by Gasteiger charge is -2.18. The van der Waals surface area contributed by atoms with Gasteiger partial charge in [-0.25, -0.2) is 4.39 Å². The summed E-state index contributed by atoms with van der Waals surface area (Å²) in [5, 5.41) is 2.82. The van der Waals surface area contributed by atoms with Crippen molar-refractivity contribution >= 4 is 5.91 Å². The van der Waals surface area contributed by atoms with E-state index in [0.717, 1.165) is 6.42 Å². The summed E-state index contributed by atoms with van der Waals surface area (Å²) >= 11 is 0. The van der Waals surface area contributed by atoms with Crippen molar-refractivity contribution in [2.24, 2.45) is 5.92 Å². The third kappa shape index (κ3) is 5.28. The summed E-state index contributed by atoms with van der Waals surface area (Å²) in [4.78, 5) is 11.9. The molecule has 0 spiro atoms. The van der Waals surface area contributed by atoms with Crippen LogP contribution < -0.4 is 10.1 Å². The summed E-state index contributed by atoms with van der Waals surface area (Å²) in [7, 11) is 0. The van der Waals surface area contributed by atoms with Gasteiger partial charge in [-0.2, -0.15) is 0 Å². The van der Waals surface area contributed by atoms with Crippen molar-refractivity contribution in [3.8, 4) is 5.75 Å². The highest BCUT2D eigenvalue weighted by molar-refractivity contribution is 5.81. The van der Waals surface area contributed by atoms with Gasteiger partial charge in [0.05, 0.1) is 0 Å². The van der Waals surface area contributed by atoms with Crippen LogP contribution in [0, 0.1) is 11.7 Å². The molecule has 0 heterocycles. The molecule has 1 aromatic carbocycles. The molecule has 0 saturated heterocycles. The molecule has 0 aliphatic rings. The van der Waals surface area contributed by atoms with Crippen molar-refractivity contribution in [1.29, 1.82) is 0 Å². The van der Waals surface area contributed by atoms with Gasteiger partial charge in [0.15, 0.2) is 17.7 Å². The summed E-state index contributed by atoms with van der Waals surface area (Å²) in [6.45, 7) is 6.65. The molecular weight excluding hydrogens is 245 g/mol. The van der Waals surface area contributed by atoms with E-state index < -0.39 is 11.9 Å². The third-order valence-corrected chi connectivity index (χ3v) is 2.79. The minimum atomic E-state index is -0.649. The largest absolute Gasteiger partial charge is 0.478 e. The lowest BCUT2D eigenvalue weighted by Crippen LogP contribution is -2.38. The fraction of sp³-hybridized carbons (Fsp3) is 0.533. The van der Waals surface area contributed by atoms with Gasteiger partial charge in [-0.3, -0.25) is 4.79 Å². The van der Waals surface area contributed by atoms with Crippen molar-refractivity contribution in [1.82, 2.24) is 5.32 Å². The van der Waals surface area contributed by atoms with Crippen molar-refractivity contribution in [3.63, 3.8) is 0 Å². The van der Waals surface area contributed by atoms with Crippen LogP contribution in [-0.4, -0.2) is 18.6 Å². The third-order valence-electron chi connectivity index (χ3n) is 2.79. The molecule has 1 amide bonds. The number of para-hydroxylation sites is 1. The SMILES string of the molecule is CC[C@H](Oc1ccccc1F)C(=O)NCCC(C)C. The Bertz CT molecular complexity index is 407. The highest BCUT2D eigenvalue weighted by Crippen LogP contribution is 2.18. The van der Waals surface area contributed by atoms with Crippen LogP contribution in [0.2, 0.25) is 0 Å².